The number of Topliss-reactive ketones (excluding diaryl/α,β-unsaturated/α-hetero) is 1. The van der Waals surface area contributed by atoms with Crippen molar-refractivity contribution >= 4 is 17.4 Å². The highest BCUT2D eigenvalue weighted by molar-refractivity contribution is 6.03. The fraction of sp³-hybridized carbons (Fsp3) is 0.220. The number of nitrogens with zero attached hydrogens (tertiary/aromatic N) is 1. The monoisotopic (exact) mass is 646 g/mol. The molecule has 0 aromatic heterocycles. The fourth-order valence-electron chi connectivity index (χ4n) is 6.63. The van der Waals surface area contributed by atoms with Gasteiger partial charge >= 0.3 is 6.18 Å². The number of rotatable bonds is 10. The Balaban J connectivity index is 1.09. The van der Waals surface area contributed by atoms with Crippen LogP contribution in [-0.2, 0) is 23.9 Å². The van der Waals surface area contributed by atoms with Crippen LogP contribution in [0.2, 0.25) is 0 Å². The minimum atomic E-state index is -4.47. The van der Waals surface area contributed by atoms with E-state index in [9.17, 15) is 22.8 Å². The van der Waals surface area contributed by atoms with E-state index in [1.807, 2.05) is 84.9 Å². The Labute approximate surface area is 279 Å². The van der Waals surface area contributed by atoms with E-state index in [1.54, 1.807) is 30.3 Å². The second-order valence-corrected chi connectivity index (χ2v) is 12.3. The number of halogens is 3. The molecule has 5 aromatic carbocycles. The summed E-state index contributed by atoms with van der Waals surface area (Å²) in [6.07, 6.45) is -2.60. The van der Waals surface area contributed by atoms with Crippen LogP contribution in [0.15, 0.2) is 133 Å². The van der Waals surface area contributed by atoms with Gasteiger partial charge in [-0.15, -0.1) is 0 Å². The molecule has 1 unspecified atom stereocenters. The third-order valence-electron chi connectivity index (χ3n) is 9.16. The average molecular weight is 647 g/mol. The number of hydrogen-bond acceptors (Lipinski definition) is 3. The first-order valence-electron chi connectivity index (χ1n) is 16.3. The minimum Gasteiger partial charge on any atom is -0.372 e. The van der Waals surface area contributed by atoms with Gasteiger partial charge in [-0.3, -0.25) is 9.59 Å². The highest BCUT2D eigenvalue weighted by atomic mass is 19.4. The summed E-state index contributed by atoms with van der Waals surface area (Å²) in [6.45, 7) is 2.11. The topological polar surface area (TPSA) is 49.4 Å². The van der Waals surface area contributed by atoms with Crippen molar-refractivity contribution in [2.24, 2.45) is 5.92 Å². The number of nitrogens with one attached hydrogen (secondary N) is 1. The lowest BCUT2D eigenvalue weighted by atomic mass is 9.79. The van der Waals surface area contributed by atoms with Crippen molar-refractivity contribution in [1.29, 1.82) is 0 Å². The number of carbonyl (C=O) groups excluding carboxylic acids is 2. The molecule has 0 aliphatic carbocycles. The molecular weight excluding hydrogens is 609 g/mol. The third-order valence-corrected chi connectivity index (χ3v) is 9.16. The van der Waals surface area contributed by atoms with Crippen LogP contribution in [0.3, 0.4) is 0 Å². The quantitative estimate of drug-likeness (QED) is 0.154. The predicted molar refractivity (Wildman–Crippen MR) is 184 cm³/mol. The molecule has 0 radical (unpaired) electrons. The van der Waals surface area contributed by atoms with Gasteiger partial charge in [0.05, 0.1) is 11.5 Å². The number of alkyl halides is 3. The molecule has 7 heteroatoms. The van der Waals surface area contributed by atoms with Gasteiger partial charge in [0, 0.05) is 37.3 Å². The summed E-state index contributed by atoms with van der Waals surface area (Å²) in [6, 6.07) is 39.7. The number of piperidine rings is 1. The van der Waals surface area contributed by atoms with Crippen molar-refractivity contribution < 1.29 is 22.8 Å². The summed E-state index contributed by atoms with van der Waals surface area (Å²) >= 11 is 0. The average Bonchev–Trinajstić information content (AvgIpc) is 3.12. The maximum atomic E-state index is 13.6. The number of amides is 1. The molecule has 6 rings (SSSR count). The van der Waals surface area contributed by atoms with Crippen LogP contribution in [0.1, 0.15) is 51.4 Å². The second-order valence-electron chi connectivity index (χ2n) is 12.3. The highest BCUT2D eigenvalue weighted by Gasteiger charge is 2.33. The summed E-state index contributed by atoms with van der Waals surface area (Å²) in [4.78, 5) is 29.3. The summed E-state index contributed by atoms with van der Waals surface area (Å²) in [5.41, 5.74) is 4.47. The highest BCUT2D eigenvalue weighted by Crippen LogP contribution is 2.36. The van der Waals surface area contributed by atoms with Gasteiger partial charge < -0.3 is 10.2 Å². The van der Waals surface area contributed by atoms with Gasteiger partial charge in [0.15, 0.2) is 5.78 Å². The van der Waals surface area contributed by atoms with Gasteiger partial charge in [0.1, 0.15) is 0 Å². The maximum absolute atomic E-state index is 13.6. The van der Waals surface area contributed by atoms with Crippen molar-refractivity contribution in [1.82, 2.24) is 5.32 Å². The largest absolute Gasteiger partial charge is 0.416 e. The van der Waals surface area contributed by atoms with Crippen molar-refractivity contribution in [3.8, 4) is 11.1 Å². The van der Waals surface area contributed by atoms with Crippen molar-refractivity contribution in [3.63, 3.8) is 0 Å². The normalized spacial score (nSPS) is 14.4. The maximum Gasteiger partial charge on any atom is 0.416 e. The molecule has 1 N–H and O–H groups in total. The van der Waals surface area contributed by atoms with Crippen molar-refractivity contribution in [3.05, 3.63) is 161 Å². The van der Waals surface area contributed by atoms with Crippen LogP contribution >= 0.6 is 0 Å². The molecule has 1 fully saturated rings. The van der Waals surface area contributed by atoms with Gasteiger partial charge in [-0.1, -0.05) is 109 Å². The Hall–Kier alpha value is -5.17. The van der Waals surface area contributed by atoms with Crippen LogP contribution in [0, 0.1) is 5.92 Å². The molecule has 1 aliphatic heterocycles. The van der Waals surface area contributed by atoms with Gasteiger partial charge in [0.25, 0.3) is 0 Å². The molecular formula is C41H37F3N2O2. The fourth-order valence-corrected chi connectivity index (χ4v) is 6.63. The molecule has 1 saturated heterocycles. The molecule has 1 amide bonds. The Morgan fingerprint density at radius 2 is 1.38 bits per heavy atom. The molecule has 0 saturated carbocycles. The molecule has 5 aromatic rings. The summed E-state index contributed by atoms with van der Waals surface area (Å²) in [5.74, 6) is -0.140. The SMILES string of the molecule is O=C(Cc1ccc(N2CCC(C(C(=O)NCc3ccccc3)c3ccccc3)CC2)cc1)c1ccccc1-c1cccc(C(F)(F)F)c1. The lowest BCUT2D eigenvalue weighted by Crippen LogP contribution is -2.40. The van der Waals surface area contributed by atoms with Crippen LogP contribution in [-0.4, -0.2) is 24.8 Å². The first kappa shape index (κ1) is 32.8. The summed E-state index contributed by atoms with van der Waals surface area (Å²) in [5, 5.41) is 3.17. The van der Waals surface area contributed by atoms with E-state index in [0.29, 0.717) is 23.2 Å². The van der Waals surface area contributed by atoms with E-state index in [1.165, 1.54) is 6.07 Å². The number of carbonyl (C=O) groups is 2. The standard InChI is InChI=1S/C41H37F3N2O2/c42-41(43,44)34-15-9-14-33(27-34)36-16-7-8-17-37(36)38(47)26-29-18-20-35(21-19-29)46-24-22-32(23-25-46)39(31-12-5-2-6-13-31)40(48)45-28-30-10-3-1-4-11-30/h1-21,27,32,39H,22-26,28H2,(H,45,48). The zero-order valence-electron chi connectivity index (χ0n) is 26.5. The van der Waals surface area contributed by atoms with E-state index in [0.717, 1.165) is 60.4 Å². The van der Waals surface area contributed by atoms with Gasteiger partial charge in [-0.05, 0) is 70.8 Å². The van der Waals surface area contributed by atoms with Crippen molar-refractivity contribution in [2.75, 3.05) is 18.0 Å². The van der Waals surface area contributed by atoms with Gasteiger partial charge in [0.2, 0.25) is 5.91 Å². The van der Waals surface area contributed by atoms with E-state index < -0.39 is 11.7 Å². The number of hydrogen-bond donors (Lipinski definition) is 1. The number of anilines is 1. The molecule has 0 spiro atoms. The lowest BCUT2D eigenvalue weighted by Gasteiger charge is -2.37. The predicted octanol–water partition coefficient (Wildman–Crippen LogP) is 9.11. The second kappa shape index (κ2) is 14.7. The zero-order valence-corrected chi connectivity index (χ0v) is 26.5. The number of ketones is 1. The van der Waals surface area contributed by atoms with Crippen LogP contribution in [0.4, 0.5) is 18.9 Å². The van der Waals surface area contributed by atoms with E-state index >= 15 is 0 Å². The molecule has 48 heavy (non-hydrogen) atoms. The summed E-state index contributed by atoms with van der Waals surface area (Å²) in [7, 11) is 0. The molecule has 4 nitrogen and oxygen atoms in total. The minimum absolute atomic E-state index is 0.0483. The van der Waals surface area contributed by atoms with Crippen LogP contribution < -0.4 is 10.2 Å². The van der Waals surface area contributed by atoms with E-state index in [-0.39, 0.29) is 29.9 Å². The smallest absolute Gasteiger partial charge is 0.372 e. The molecule has 1 aliphatic rings. The first-order valence-corrected chi connectivity index (χ1v) is 16.3. The Kier molecular flexibility index (Phi) is 10.0. The molecule has 244 valence electrons. The zero-order chi connectivity index (χ0) is 33.5. The number of benzene rings is 5. The molecule has 0 bridgehead atoms. The molecule has 1 heterocycles. The van der Waals surface area contributed by atoms with Crippen LogP contribution in [0.25, 0.3) is 11.1 Å². The summed E-state index contributed by atoms with van der Waals surface area (Å²) < 4.78 is 40.0. The van der Waals surface area contributed by atoms with E-state index in [4.69, 9.17) is 0 Å². The van der Waals surface area contributed by atoms with Gasteiger partial charge in [-0.2, -0.15) is 13.2 Å². The van der Waals surface area contributed by atoms with Crippen molar-refractivity contribution in [2.45, 2.75) is 37.9 Å². The Morgan fingerprint density at radius 1 is 0.729 bits per heavy atom. The van der Waals surface area contributed by atoms with E-state index in [2.05, 4.69) is 10.2 Å². The third kappa shape index (κ3) is 7.85. The lowest BCUT2D eigenvalue weighted by molar-refractivity contribution is -0.137. The van der Waals surface area contributed by atoms with Gasteiger partial charge in [-0.25, -0.2) is 0 Å². The van der Waals surface area contributed by atoms with Crippen LogP contribution in [0.5, 0.6) is 0 Å². The Morgan fingerprint density at radius 3 is 2.06 bits per heavy atom. The first-order chi connectivity index (χ1) is 23.3. The molecule has 1 atom stereocenters. The Bertz CT molecular complexity index is 1830.